The van der Waals surface area contributed by atoms with Crippen LogP contribution in [0.15, 0.2) is 33.8 Å². The molecule has 0 saturated heterocycles. The molecule has 0 aliphatic rings. The van der Waals surface area contributed by atoms with Crippen molar-refractivity contribution < 1.29 is 9.83 Å². The van der Waals surface area contributed by atoms with Crippen LogP contribution in [0, 0.1) is 10.1 Å². The lowest BCUT2D eigenvalue weighted by atomic mass is 10.2. The minimum Gasteiger partial charge on any atom is -0.363 e. The van der Waals surface area contributed by atoms with Gasteiger partial charge < -0.3 is 5.73 Å². The smallest absolute Gasteiger partial charge is 0.284 e. The van der Waals surface area contributed by atoms with E-state index < -0.39 is 16.9 Å². The van der Waals surface area contributed by atoms with Crippen molar-refractivity contribution in [3.63, 3.8) is 0 Å². The average Bonchev–Trinajstić information content (AvgIpc) is 2.25. The first-order valence-electron chi connectivity index (χ1n) is 4.29. The number of rotatable bonds is 2. The average molecular weight is 302 g/mol. The SMILES string of the molecule is NC(=N[N+](=O)[O-])NNC(=O)c1cccc(Br)c1. The fraction of sp³-hybridized carbons (Fsp3) is 0. The molecule has 0 aliphatic carbocycles. The molecule has 4 N–H and O–H groups in total. The molecule has 9 heteroatoms. The number of benzene rings is 1. The van der Waals surface area contributed by atoms with E-state index in [9.17, 15) is 14.9 Å². The van der Waals surface area contributed by atoms with E-state index in [2.05, 4.69) is 31.9 Å². The summed E-state index contributed by atoms with van der Waals surface area (Å²) in [6.45, 7) is 0. The number of hydrogen-bond donors (Lipinski definition) is 3. The van der Waals surface area contributed by atoms with Gasteiger partial charge in [-0.2, -0.15) is 0 Å². The highest BCUT2D eigenvalue weighted by molar-refractivity contribution is 9.10. The van der Waals surface area contributed by atoms with Crippen molar-refractivity contribution in [1.82, 2.24) is 10.9 Å². The molecule has 0 atom stereocenters. The number of hydrazone groups is 1. The Morgan fingerprint density at radius 3 is 2.76 bits per heavy atom. The first-order valence-corrected chi connectivity index (χ1v) is 5.08. The zero-order valence-electron chi connectivity index (χ0n) is 8.38. The van der Waals surface area contributed by atoms with Crippen LogP contribution in [-0.2, 0) is 0 Å². The lowest BCUT2D eigenvalue weighted by Crippen LogP contribution is -2.45. The van der Waals surface area contributed by atoms with E-state index in [4.69, 9.17) is 5.73 Å². The number of nitrogens with zero attached hydrogens (tertiary/aromatic N) is 2. The Morgan fingerprint density at radius 2 is 2.18 bits per heavy atom. The second kappa shape index (κ2) is 5.80. The standard InChI is InChI=1S/C8H8BrN5O3/c9-6-3-1-2-5(4-6)7(15)11-12-8(10)13-14(16)17/h1-4H,(H,11,15)(H3,10,12,13). The highest BCUT2D eigenvalue weighted by atomic mass is 79.9. The van der Waals surface area contributed by atoms with Crippen molar-refractivity contribution in [3.05, 3.63) is 44.4 Å². The molecule has 17 heavy (non-hydrogen) atoms. The monoisotopic (exact) mass is 301 g/mol. The second-order valence-electron chi connectivity index (χ2n) is 2.81. The van der Waals surface area contributed by atoms with Crippen LogP contribution in [0.2, 0.25) is 0 Å². The molecule has 0 heterocycles. The molecule has 0 bridgehead atoms. The summed E-state index contributed by atoms with van der Waals surface area (Å²) in [4.78, 5) is 21.5. The van der Waals surface area contributed by atoms with Crippen LogP contribution in [0.25, 0.3) is 0 Å². The van der Waals surface area contributed by atoms with Gasteiger partial charge in [-0.25, -0.2) is 10.1 Å². The van der Waals surface area contributed by atoms with Crippen LogP contribution in [-0.4, -0.2) is 16.9 Å². The highest BCUT2D eigenvalue weighted by Gasteiger charge is 2.06. The third-order valence-electron chi connectivity index (χ3n) is 1.58. The predicted molar refractivity (Wildman–Crippen MR) is 63.4 cm³/mol. The van der Waals surface area contributed by atoms with Gasteiger partial charge in [-0.05, 0) is 18.2 Å². The number of carbonyl (C=O) groups excluding carboxylic acids is 1. The summed E-state index contributed by atoms with van der Waals surface area (Å²) in [6.07, 6.45) is 0. The number of carbonyl (C=O) groups is 1. The maximum absolute atomic E-state index is 11.5. The highest BCUT2D eigenvalue weighted by Crippen LogP contribution is 2.10. The summed E-state index contributed by atoms with van der Waals surface area (Å²) in [5.74, 6) is -1.01. The summed E-state index contributed by atoms with van der Waals surface area (Å²) in [7, 11) is 0. The molecule has 0 fully saturated rings. The van der Waals surface area contributed by atoms with E-state index in [1.54, 1.807) is 24.3 Å². The van der Waals surface area contributed by atoms with Gasteiger partial charge in [0.15, 0.2) is 5.03 Å². The molecule has 0 aliphatic heterocycles. The lowest BCUT2D eigenvalue weighted by Gasteiger charge is -2.05. The topological polar surface area (TPSA) is 123 Å². The normalized spacial score (nSPS) is 10.8. The maximum Gasteiger partial charge on any atom is 0.284 e. The van der Waals surface area contributed by atoms with Crippen molar-refractivity contribution in [2.24, 2.45) is 10.8 Å². The Morgan fingerprint density at radius 1 is 1.47 bits per heavy atom. The van der Waals surface area contributed by atoms with Gasteiger partial charge in [0.25, 0.3) is 11.9 Å². The number of guanidine groups is 1. The Hall–Kier alpha value is -2.16. The first-order chi connectivity index (χ1) is 7.99. The molecule has 0 aromatic heterocycles. The zero-order valence-corrected chi connectivity index (χ0v) is 9.97. The molecule has 1 rings (SSSR count). The lowest BCUT2D eigenvalue weighted by molar-refractivity contribution is -0.485. The third-order valence-corrected chi connectivity index (χ3v) is 2.07. The number of nitrogens with one attached hydrogen (secondary N) is 2. The number of nitrogens with two attached hydrogens (primary N) is 1. The van der Waals surface area contributed by atoms with Crippen LogP contribution in [0.3, 0.4) is 0 Å². The quantitative estimate of drug-likeness (QED) is 0.311. The van der Waals surface area contributed by atoms with E-state index in [1.165, 1.54) is 0 Å². The van der Waals surface area contributed by atoms with Gasteiger partial charge in [0.05, 0.1) is 0 Å². The third kappa shape index (κ3) is 4.47. The molecule has 90 valence electrons. The van der Waals surface area contributed by atoms with Gasteiger partial charge in [0.1, 0.15) is 5.10 Å². The van der Waals surface area contributed by atoms with Gasteiger partial charge in [0.2, 0.25) is 0 Å². The van der Waals surface area contributed by atoms with E-state index in [0.29, 0.717) is 5.56 Å². The molecule has 1 aromatic carbocycles. The van der Waals surface area contributed by atoms with Crippen molar-refractivity contribution in [2.75, 3.05) is 0 Å². The summed E-state index contributed by atoms with van der Waals surface area (Å²) in [6, 6.07) is 6.58. The number of hydrazine groups is 1. The van der Waals surface area contributed by atoms with Gasteiger partial charge in [-0.15, -0.1) is 0 Å². The number of halogens is 1. The fourth-order valence-electron chi connectivity index (χ4n) is 0.936. The van der Waals surface area contributed by atoms with Crippen LogP contribution in [0.1, 0.15) is 10.4 Å². The van der Waals surface area contributed by atoms with Gasteiger partial charge >= 0.3 is 0 Å². The number of nitro groups is 1. The molecular formula is C8H8BrN5O3. The van der Waals surface area contributed by atoms with E-state index in [1.807, 2.05) is 0 Å². The van der Waals surface area contributed by atoms with Crippen molar-refractivity contribution in [2.45, 2.75) is 0 Å². The van der Waals surface area contributed by atoms with Crippen LogP contribution < -0.4 is 16.6 Å². The Balaban J connectivity index is 2.59. The minimum absolute atomic E-state index is 0.362. The Kier molecular flexibility index (Phi) is 4.40. The summed E-state index contributed by atoms with van der Waals surface area (Å²) in [5, 5.41) is 11.7. The van der Waals surface area contributed by atoms with E-state index >= 15 is 0 Å². The molecule has 0 saturated carbocycles. The summed E-state index contributed by atoms with van der Waals surface area (Å²) >= 11 is 3.21. The second-order valence-corrected chi connectivity index (χ2v) is 3.73. The Bertz CT molecular complexity index is 476. The molecule has 1 aromatic rings. The molecule has 0 unspecified atom stereocenters. The maximum atomic E-state index is 11.5. The molecular weight excluding hydrogens is 294 g/mol. The number of amides is 1. The first kappa shape index (κ1) is 12.9. The van der Waals surface area contributed by atoms with Crippen molar-refractivity contribution in [1.29, 1.82) is 0 Å². The molecule has 0 spiro atoms. The van der Waals surface area contributed by atoms with E-state index in [0.717, 1.165) is 4.47 Å². The molecule has 1 amide bonds. The van der Waals surface area contributed by atoms with Gasteiger partial charge in [-0.3, -0.25) is 15.6 Å². The minimum atomic E-state index is -0.979. The predicted octanol–water partition coefficient (Wildman–Crippen LogP) is 0.190. The summed E-state index contributed by atoms with van der Waals surface area (Å²) in [5.41, 5.74) is 9.73. The van der Waals surface area contributed by atoms with Crippen molar-refractivity contribution in [3.8, 4) is 0 Å². The van der Waals surface area contributed by atoms with Gasteiger partial charge in [-0.1, -0.05) is 22.0 Å². The fourth-order valence-corrected chi connectivity index (χ4v) is 1.33. The summed E-state index contributed by atoms with van der Waals surface area (Å²) < 4.78 is 0.733. The van der Waals surface area contributed by atoms with Crippen LogP contribution in [0.4, 0.5) is 0 Å². The zero-order chi connectivity index (χ0) is 12.8. The van der Waals surface area contributed by atoms with Crippen LogP contribution >= 0.6 is 15.9 Å². The van der Waals surface area contributed by atoms with Crippen LogP contribution in [0.5, 0.6) is 0 Å². The molecule has 8 nitrogen and oxygen atoms in total. The van der Waals surface area contributed by atoms with E-state index in [-0.39, 0.29) is 0 Å². The van der Waals surface area contributed by atoms with Crippen molar-refractivity contribution >= 4 is 27.8 Å². The number of hydrogen-bond acceptors (Lipinski definition) is 3. The Labute approximate surface area is 104 Å². The largest absolute Gasteiger partial charge is 0.363 e. The van der Waals surface area contributed by atoms with Gasteiger partial charge in [0, 0.05) is 10.0 Å². The molecule has 0 radical (unpaired) electrons.